The van der Waals surface area contributed by atoms with E-state index in [2.05, 4.69) is 21.2 Å². The Bertz CT molecular complexity index is 390. The fourth-order valence-electron chi connectivity index (χ4n) is 1.30. The van der Waals surface area contributed by atoms with Crippen molar-refractivity contribution in [2.24, 2.45) is 0 Å². The highest BCUT2D eigenvalue weighted by atomic mass is 79.9. The van der Waals surface area contributed by atoms with Gasteiger partial charge in [-0.1, -0.05) is 23.8 Å². The van der Waals surface area contributed by atoms with Crippen molar-refractivity contribution < 1.29 is 5.11 Å². The first-order valence-corrected chi connectivity index (χ1v) is 4.98. The van der Waals surface area contributed by atoms with Crippen molar-refractivity contribution in [2.75, 3.05) is 11.9 Å². The maximum Gasteiger partial charge on any atom is 0.153 e. The summed E-state index contributed by atoms with van der Waals surface area (Å²) in [6.45, 7) is 0.716. The molecule has 2 rings (SSSR count). The molecule has 0 bridgehead atoms. The summed E-state index contributed by atoms with van der Waals surface area (Å²) in [6, 6.07) is 1.69. The smallest absolute Gasteiger partial charge is 0.153 e. The van der Waals surface area contributed by atoms with Gasteiger partial charge in [0, 0.05) is 12.1 Å². The topological polar surface area (TPSA) is 32.3 Å². The lowest BCUT2D eigenvalue weighted by Crippen LogP contribution is -2.05. The van der Waals surface area contributed by atoms with Gasteiger partial charge in [-0.15, -0.1) is 0 Å². The Balaban J connectivity index is 2.71. The fourth-order valence-corrected chi connectivity index (χ4v) is 2.13. The maximum absolute atomic E-state index is 9.67. The molecule has 0 aliphatic carbocycles. The molecule has 2 nitrogen and oxygen atoms in total. The maximum atomic E-state index is 9.67. The average Bonchev–Trinajstić information content (AvgIpc) is 2.15. The number of hydrogen-bond donors (Lipinski definition) is 2. The van der Waals surface area contributed by atoms with Crippen LogP contribution in [-0.4, -0.2) is 11.7 Å². The second kappa shape index (κ2) is 3.24. The van der Waals surface area contributed by atoms with Gasteiger partial charge < -0.3 is 10.4 Å². The van der Waals surface area contributed by atoms with Crippen molar-refractivity contribution in [3.05, 3.63) is 27.2 Å². The highest BCUT2D eigenvalue weighted by Crippen LogP contribution is 2.41. The summed E-state index contributed by atoms with van der Waals surface area (Å²) in [5.74, 6) is 0.212. The van der Waals surface area contributed by atoms with E-state index in [1.807, 2.05) is 12.2 Å². The number of halogens is 2. The fraction of sp³-hybridized carbons (Fsp3) is 0.111. The predicted molar refractivity (Wildman–Crippen MR) is 58.3 cm³/mol. The van der Waals surface area contributed by atoms with Gasteiger partial charge in [-0.3, -0.25) is 0 Å². The molecule has 1 aromatic rings. The molecule has 0 fully saturated rings. The van der Waals surface area contributed by atoms with Gasteiger partial charge in [-0.2, -0.15) is 0 Å². The Hall–Kier alpha value is -0.670. The summed E-state index contributed by atoms with van der Waals surface area (Å²) >= 11 is 9.21. The highest BCUT2D eigenvalue weighted by molar-refractivity contribution is 9.10. The lowest BCUT2D eigenvalue weighted by Gasteiger charge is -2.16. The van der Waals surface area contributed by atoms with Crippen LogP contribution in [0.1, 0.15) is 5.56 Å². The zero-order valence-corrected chi connectivity index (χ0v) is 8.98. The van der Waals surface area contributed by atoms with Gasteiger partial charge in [0.05, 0.1) is 15.2 Å². The average molecular weight is 261 g/mol. The van der Waals surface area contributed by atoms with Crippen LogP contribution in [0.4, 0.5) is 5.69 Å². The van der Waals surface area contributed by atoms with E-state index < -0.39 is 0 Å². The van der Waals surface area contributed by atoms with Crippen LogP contribution in [0.3, 0.4) is 0 Å². The van der Waals surface area contributed by atoms with E-state index in [1.165, 1.54) is 0 Å². The number of aromatic hydroxyl groups is 1. The van der Waals surface area contributed by atoms with Crippen molar-refractivity contribution in [1.29, 1.82) is 0 Å². The molecule has 1 heterocycles. The zero-order valence-electron chi connectivity index (χ0n) is 6.64. The lowest BCUT2D eigenvalue weighted by atomic mass is 10.1. The molecule has 1 aliphatic heterocycles. The van der Waals surface area contributed by atoms with E-state index in [-0.39, 0.29) is 5.75 Å². The van der Waals surface area contributed by atoms with Crippen molar-refractivity contribution in [1.82, 2.24) is 0 Å². The van der Waals surface area contributed by atoms with Gasteiger partial charge in [0.15, 0.2) is 5.75 Å². The van der Waals surface area contributed by atoms with Gasteiger partial charge >= 0.3 is 0 Å². The predicted octanol–water partition coefficient (Wildman–Crippen LogP) is 3.25. The minimum atomic E-state index is 0.212. The molecule has 0 radical (unpaired) electrons. The molecule has 13 heavy (non-hydrogen) atoms. The molecule has 0 amide bonds. The van der Waals surface area contributed by atoms with Gasteiger partial charge in [-0.25, -0.2) is 0 Å². The third-order valence-corrected chi connectivity index (χ3v) is 2.84. The van der Waals surface area contributed by atoms with Gasteiger partial charge in [0.25, 0.3) is 0 Å². The van der Waals surface area contributed by atoms with E-state index in [9.17, 15) is 5.11 Å². The first kappa shape index (κ1) is 8.91. The minimum Gasteiger partial charge on any atom is -0.505 e. The number of anilines is 1. The Morgan fingerprint density at radius 2 is 2.31 bits per heavy atom. The van der Waals surface area contributed by atoms with E-state index in [1.54, 1.807) is 6.07 Å². The molecule has 0 atom stereocenters. The normalized spacial score (nSPS) is 13.7. The third-order valence-electron chi connectivity index (χ3n) is 1.92. The Labute approximate surface area is 89.3 Å². The standard InChI is InChI=1S/C9H7BrClNO/c10-6-4-7(11)5-2-1-3-12-8(5)9(6)13/h1-2,4,12-13H,3H2. The largest absolute Gasteiger partial charge is 0.505 e. The molecule has 1 aliphatic rings. The second-order valence-electron chi connectivity index (χ2n) is 2.76. The van der Waals surface area contributed by atoms with E-state index >= 15 is 0 Å². The number of fused-ring (bicyclic) bond motifs is 1. The first-order valence-electron chi connectivity index (χ1n) is 3.81. The molecule has 0 saturated carbocycles. The van der Waals surface area contributed by atoms with E-state index in [0.717, 1.165) is 5.56 Å². The van der Waals surface area contributed by atoms with Crippen LogP contribution < -0.4 is 5.32 Å². The Morgan fingerprint density at radius 3 is 3.08 bits per heavy atom. The molecule has 0 unspecified atom stereocenters. The third kappa shape index (κ3) is 1.42. The summed E-state index contributed by atoms with van der Waals surface area (Å²) in [7, 11) is 0. The molecule has 4 heteroatoms. The van der Waals surface area contributed by atoms with Crippen molar-refractivity contribution in [3.63, 3.8) is 0 Å². The SMILES string of the molecule is Oc1c(Br)cc(Cl)c2c1NCC=C2. The van der Waals surface area contributed by atoms with Crippen LogP contribution in [-0.2, 0) is 0 Å². The number of phenols is 1. The van der Waals surface area contributed by atoms with Crippen LogP contribution in [0.25, 0.3) is 6.08 Å². The Kier molecular flexibility index (Phi) is 2.22. The van der Waals surface area contributed by atoms with E-state index in [4.69, 9.17) is 11.6 Å². The summed E-state index contributed by atoms with van der Waals surface area (Å²) in [5, 5.41) is 13.4. The van der Waals surface area contributed by atoms with E-state index in [0.29, 0.717) is 21.7 Å². The number of nitrogens with one attached hydrogen (secondary N) is 1. The molecule has 68 valence electrons. The lowest BCUT2D eigenvalue weighted by molar-refractivity contribution is 0.474. The number of hydrogen-bond acceptors (Lipinski definition) is 2. The molecule has 0 saturated heterocycles. The molecule has 1 aromatic carbocycles. The summed E-state index contributed by atoms with van der Waals surface area (Å²) in [5.41, 5.74) is 1.54. The van der Waals surface area contributed by atoms with Crippen LogP contribution in [0.2, 0.25) is 5.02 Å². The molecular formula is C9H7BrClNO. The number of phenolic OH excluding ortho intramolecular Hbond substituents is 1. The molecular weight excluding hydrogens is 253 g/mol. The summed E-state index contributed by atoms with van der Waals surface area (Å²) in [4.78, 5) is 0. The minimum absolute atomic E-state index is 0.212. The van der Waals surface area contributed by atoms with Crippen LogP contribution in [0.5, 0.6) is 5.75 Å². The zero-order chi connectivity index (χ0) is 9.42. The first-order chi connectivity index (χ1) is 6.20. The highest BCUT2D eigenvalue weighted by Gasteiger charge is 2.15. The van der Waals surface area contributed by atoms with Crippen molar-refractivity contribution in [3.8, 4) is 5.75 Å². The van der Waals surface area contributed by atoms with Gasteiger partial charge in [-0.05, 0) is 22.0 Å². The summed E-state index contributed by atoms with van der Waals surface area (Å²) < 4.78 is 0.610. The van der Waals surface area contributed by atoms with Crippen molar-refractivity contribution in [2.45, 2.75) is 0 Å². The van der Waals surface area contributed by atoms with Crippen LogP contribution in [0.15, 0.2) is 16.6 Å². The molecule has 0 spiro atoms. The van der Waals surface area contributed by atoms with Gasteiger partial charge in [0.1, 0.15) is 0 Å². The van der Waals surface area contributed by atoms with Crippen molar-refractivity contribution >= 4 is 39.3 Å². The Morgan fingerprint density at radius 1 is 1.54 bits per heavy atom. The molecule has 2 N–H and O–H groups in total. The van der Waals surface area contributed by atoms with Crippen LogP contribution in [0, 0.1) is 0 Å². The van der Waals surface area contributed by atoms with Crippen LogP contribution >= 0.6 is 27.5 Å². The quantitative estimate of drug-likeness (QED) is 0.702. The second-order valence-corrected chi connectivity index (χ2v) is 4.02. The monoisotopic (exact) mass is 259 g/mol. The number of rotatable bonds is 0. The molecule has 0 aromatic heterocycles. The summed E-state index contributed by atoms with van der Waals surface area (Å²) in [6.07, 6.45) is 3.86. The number of benzene rings is 1. The van der Waals surface area contributed by atoms with Gasteiger partial charge in [0.2, 0.25) is 0 Å².